The fraction of sp³-hybridized carbons (Fsp3) is 0.200. The van der Waals surface area contributed by atoms with Crippen LogP contribution in [-0.2, 0) is 16.2 Å². The molecule has 0 aliphatic rings. The van der Waals surface area contributed by atoms with Gasteiger partial charge in [-0.1, -0.05) is 53.2 Å². The molecule has 0 radical (unpaired) electrons. The second-order valence-electron chi connectivity index (χ2n) is 6.96. The highest BCUT2D eigenvalue weighted by Gasteiger charge is 2.12. The molecule has 0 atom stereocenters. The van der Waals surface area contributed by atoms with Crippen molar-refractivity contribution in [3.8, 4) is 11.5 Å². The first-order valence-electron chi connectivity index (χ1n) is 10.2. The summed E-state index contributed by atoms with van der Waals surface area (Å²) in [6, 6.07) is 21.0. The second kappa shape index (κ2) is 11.9. The van der Waals surface area contributed by atoms with Crippen molar-refractivity contribution >= 4 is 33.7 Å². The van der Waals surface area contributed by atoms with E-state index in [0.717, 1.165) is 15.6 Å². The number of halogens is 1. The number of hydrogen-bond donors (Lipinski definition) is 1. The van der Waals surface area contributed by atoms with Gasteiger partial charge in [0, 0.05) is 11.3 Å². The van der Waals surface area contributed by atoms with E-state index in [4.69, 9.17) is 14.3 Å². The number of carbonyl (C=O) groups is 1. The van der Waals surface area contributed by atoms with Gasteiger partial charge in [-0.2, -0.15) is 0 Å². The van der Waals surface area contributed by atoms with Gasteiger partial charge in [-0.05, 0) is 59.6 Å². The minimum atomic E-state index is -0.288. The van der Waals surface area contributed by atoms with Crippen LogP contribution < -0.4 is 14.8 Å². The van der Waals surface area contributed by atoms with Gasteiger partial charge in [-0.25, -0.2) is 0 Å². The van der Waals surface area contributed by atoms with Gasteiger partial charge in [0.1, 0.15) is 6.61 Å². The molecule has 0 heterocycles. The quantitative estimate of drug-likeness (QED) is 0.287. The summed E-state index contributed by atoms with van der Waals surface area (Å²) in [6.45, 7) is 4.68. The van der Waals surface area contributed by atoms with Crippen LogP contribution in [0, 0.1) is 6.92 Å². The Kier molecular flexibility index (Phi) is 8.69. The highest BCUT2D eigenvalue weighted by molar-refractivity contribution is 9.10. The number of hydrogen-bond acceptors (Lipinski definition) is 5. The van der Waals surface area contributed by atoms with Crippen LogP contribution in [0.1, 0.15) is 23.6 Å². The van der Waals surface area contributed by atoms with Gasteiger partial charge < -0.3 is 19.6 Å². The summed E-state index contributed by atoms with van der Waals surface area (Å²) in [6.07, 6.45) is 1.52. The predicted molar refractivity (Wildman–Crippen MR) is 129 cm³/mol. The number of nitrogens with one attached hydrogen (secondary N) is 1. The number of carbonyl (C=O) groups excluding carboxylic acids is 1. The molecule has 0 bridgehead atoms. The molecule has 0 aliphatic carbocycles. The average Bonchev–Trinajstić information content (AvgIpc) is 2.78. The Morgan fingerprint density at radius 1 is 1.06 bits per heavy atom. The standard InChI is InChI=1S/C25H25BrN2O4/c1-3-30-23-14-20(15-27-32-17-24(29)28-21-7-5-4-6-8-21)13-22(26)25(23)31-16-19-11-9-18(2)10-12-19/h4-15H,3,16-17H2,1-2H3,(H,28,29)/b27-15+. The molecule has 0 aromatic heterocycles. The minimum absolute atomic E-state index is 0.192. The average molecular weight is 497 g/mol. The number of oxime groups is 1. The molecule has 0 aliphatic heterocycles. The summed E-state index contributed by atoms with van der Waals surface area (Å²) in [5.41, 5.74) is 3.72. The van der Waals surface area contributed by atoms with Crippen LogP contribution in [0.3, 0.4) is 0 Å². The highest BCUT2D eigenvalue weighted by atomic mass is 79.9. The van der Waals surface area contributed by atoms with Gasteiger partial charge >= 0.3 is 0 Å². The lowest BCUT2D eigenvalue weighted by Crippen LogP contribution is -2.16. The zero-order valence-corrected chi connectivity index (χ0v) is 19.6. The fourth-order valence-electron chi connectivity index (χ4n) is 2.82. The van der Waals surface area contributed by atoms with Crippen LogP contribution in [0.5, 0.6) is 11.5 Å². The summed E-state index contributed by atoms with van der Waals surface area (Å²) < 4.78 is 12.5. The maximum Gasteiger partial charge on any atom is 0.265 e. The van der Waals surface area contributed by atoms with Gasteiger partial charge in [-0.3, -0.25) is 4.79 Å². The topological polar surface area (TPSA) is 69.2 Å². The molecular weight excluding hydrogens is 472 g/mol. The Bertz CT molecular complexity index is 1050. The van der Waals surface area contributed by atoms with Crippen molar-refractivity contribution in [1.29, 1.82) is 0 Å². The van der Waals surface area contributed by atoms with Gasteiger partial charge in [-0.15, -0.1) is 0 Å². The molecule has 0 fully saturated rings. The summed E-state index contributed by atoms with van der Waals surface area (Å²) in [4.78, 5) is 17.0. The van der Waals surface area contributed by atoms with Gasteiger partial charge in [0.25, 0.3) is 5.91 Å². The monoisotopic (exact) mass is 496 g/mol. The van der Waals surface area contributed by atoms with Crippen LogP contribution in [0.2, 0.25) is 0 Å². The zero-order chi connectivity index (χ0) is 22.8. The highest BCUT2D eigenvalue weighted by Crippen LogP contribution is 2.37. The Morgan fingerprint density at radius 3 is 2.53 bits per heavy atom. The van der Waals surface area contributed by atoms with Gasteiger partial charge in [0.05, 0.1) is 17.3 Å². The van der Waals surface area contributed by atoms with E-state index in [9.17, 15) is 4.79 Å². The number of amides is 1. The maximum atomic E-state index is 11.9. The lowest BCUT2D eigenvalue weighted by atomic mass is 10.2. The molecule has 6 nitrogen and oxygen atoms in total. The van der Waals surface area contributed by atoms with Crippen LogP contribution in [0.4, 0.5) is 5.69 Å². The third kappa shape index (κ3) is 7.13. The Hall–Kier alpha value is -3.32. The number of ether oxygens (including phenoxy) is 2. The fourth-order valence-corrected chi connectivity index (χ4v) is 3.39. The summed E-state index contributed by atoms with van der Waals surface area (Å²) >= 11 is 3.55. The Balaban J connectivity index is 1.60. The van der Waals surface area contributed by atoms with Gasteiger partial charge in [0.2, 0.25) is 0 Å². The second-order valence-corrected chi connectivity index (χ2v) is 7.81. The van der Waals surface area contributed by atoms with Crippen LogP contribution in [0.25, 0.3) is 0 Å². The molecule has 3 aromatic rings. The van der Waals surface area contributed by atoms with E-state index < -0.39 is 0 Å². The molecular formula is C25H25BrN2O4. The lowest BCUT2D eigenvalue weighted by molar-refractivity contribution is -0.120. The molecule has 166 valence electrons. The van der Waals surface area contributed by atoms with Gasteiger partial charge in [0.15, 0.2) is 18.1 Å². The molecule has 1 amide bonds. The third-order valence-electron chi connectivity index (χ3n) is 4.36. The Morgan fingerprint density at radius 2 is 1.81 bits per heavy atom. The molecule has 1 N–H and O–H groups in total. The molecule has 32 heavy (non-hydrogen) atoms. The molecule has 0 saturated carbocycles. The normalized spacial score (nSPS) is 10.7. The van der Waals surface area contributed by atoms with E-state index in [0.29, 0.717) is 30.4 Å². The zero-order valence-electron chi connectivity index (χ0n) is 18.0. The molecule has 3 rings (SSSR count). The smallest absolute Gasteiger partial charge is 0.265 e. The first-order valence-corrected chi connectivity index (χ1v) is 11.0. The van der Waals surface area contributed by atoms with Crippen molar-refractivity contribution in [2.75, 3.05) is 18.5 Å². The first-order chi connectivity index (χ1) is 15.5. The van der Waals surface area contributed by atoms with E-state index in [2.05, 4.69) is 38.5 Å². The SMILES string of the molecule is CCOc1cc(/C=N/OCC(=O)Nc2ccccc2)cc(Br)c1OCc1ccc(C)cc1. The van der Waals surface area contributed by atoms with E-state index in [1.54, 1.807) is 12.1 Å². The van der Waals surface area contributed by atoms with Crippen molar-refractivity contribution in [3.63, 3.8) is 0 Å². The number of aryl methyl sites for hydroxylation is 1. The molecule has 7 heteroatoms. The molecule has 0 saturated heterocycles. The largest absolute Gasteiger partial charge is 0.490 e. The predicted octanol–water partition coefficient (Wildman–Crippen LogP) is 5.72. The van der Waals surface area contributed by atoms with Crippen LogP contribution in [0.15, 0.2) is 76.4 Å². The van der Waals surface area contributed by atoms with E-state index in [1.165, 1.54) is 11.8 Å². The molecule has 0 spiro atoms. The van der Waals surface area contributed by atoms with Crippen molar-refractivity contribution in [3.05, 3.63) is 87.9 Å². The van der Waals surface area contributed by atoms with Crippen molar-refractivity contribution in [2.45, 2.75) is 20.5 Å². The lowest BCUT2D eigenvalue weighted by Gasteiger charge is -2.14. The van der Waals surface area contributed by atoms with Crippen molar-refractivity contribution in [2.24, 2.45) is 5.16 Å². The third-order valence-corrected chi connectivity index (χ3v) is 4.95. The molecule has 3 aromatic carbocycles. The summed E-state index contributed by atoms with van der Waals surface area (Å²) in [5.74, 6) is 0.925. The number of para-hydroxylation sites is 1. The van der Waals surface area contributed by atoms with Crippen LogP contribution in [-0.4, -0.2) is 25.3 Å². The first kappa shape index (κ1) is 23.3. The van der Waals surface area contributed by atoms with Crippen molar-refractivity contribution in [1.82, 2.24) is 0 Å². The number of nitrogens with zero attached hydrogens (tertiary/aromatic N) is 1. The summed E-state index contributed by atoms with van der Waals surface area (Å²) in [5, 5.41) is 6.63. The van der Waals surface area contributed by atoms with Crippen molar-refractivity contribution < 1.29 is 19.1 Å². The number of benzene rings is 3. The maximum absolute atomic E-state index is 11.9. The summed E-state index contributed by atoms with van der Waals surface area (Å²) in [7, 11) is 0. The van der Waals surface area contributed by atoms with E-state index in [-0.39, 0.29) is 12.5 Å². The number of anilines is 1. The van der Waals surface area contributed by atoms with E-state index in [1.807, 2.05) is 56.3 Å². The Labute approximate surface area is 196 Å². The van der Waals surface area contributed by atoms with Crippen LogP contribution >= 0.6 is 15.9 Å². The van der Waals surface area contributed by atoms with E-state index >= 15 is 0 Å². The minimum Gasteiger partial charge on any atom is -0.490 e. The molecule has 0 unspecified atom stereocenters. The number of rotatable bonds is 10.